The van der Waals surface area contributed by atoms with E-state index in [0.717, 1.165) is 12.1 Å². The van der Waals surface area contributed by atoms with Gasteiger partial charge in [-0.05, 0) is 54.7 Å². The number of amides is 1. The molecule has 0 spiro atoms. The van der Waals surface area contributed by atoms with Crippen molar-refractivity contribution in [3.05, 3.63) is 63.6 Å². The number of fused-ring (bicyclic) bond motifs is 6. The standard InChI is InChI=1S/C23H20Cl2FN3O/c1-21(2)22(3)8-9-23(21,20(30)27-13-6-4-12(26)5-7-13)19-18(22)28-16-10-14(24)15(25)11-17(16)29-19/h4-7,10-11H,8-9H2,1-3H3,(H,27,30). The van der Waals surface area contributed by atoms with Gasteiger partial charge in [-0.15, -0.1) is 0 Å². The van der Waals surface area contributed by atoms with Crippen LogP contribution in [0.5, 0.6) is 0 Å². The summed E-state index contributed by atoms with van der Waals surface area (Å²) in [5.41, 5.74) is 1.81. The molecule has 30 heavy (non-hydrogen) atoms. The minimum atomic E-state index is -0.848. The molecule has 5 rings (SSSR count). The lowest BCUT2D eigenvalue weighted by Gasteiger charge is -2.39. The number of nitrogens with zero attached hydrogens (tertiary/aromatic N) is 2. The predicted molar refractivity (Wildman–Crippen MR) is 117 cm³/mol. The summed E-state index contributed by atoms with van der Waals surface area (Å²) in [4.78, 5) is 23.6. The highest BCUT2D eigenvalue weighted by Crippen LogP contribution is 2.70. The quantitative estimate of drug-likeness (QED) is 0.524. The molecular weight excluding hydrogens is 424 g/mol. The fourth-order valence-electron chi connectivity index (χ4n) is 5.37. The Bertz CT molecular complexity index is 1230. The first-order valence-corrected chi connectivity index (χ1v) is 10.6. The van der Waals surface area contributed by atoms with Crippen LogP contribution in [-0.2, 0) is 15.6 Å². The maximum atomic E-state index is 13.7. The summed E-state index contributed by atoms with van der Waals surface area (Å²) in [6.45, 7) is 6.38. The van der Waals surface area contributed by atoms with E-state index in [1.165, 1.54) is 12.1 Å². The lowest BCUT2D eigenvalue weighted by molar-refractivity contribution is -0.125. The first kappa shape index (κ1) is 19.7. The minimum absolute atomic E-state index is 0.143. The molecule has 2 aliphatic carbocycles. The average molecular weight is 444 g/mol. The van der Waals surface area contributed by atoms with Crippen molar-refractivity contribution < 1.29 is 9.18 Å². The first-order chi connectivity index (χ1) is 14.1. The molecule has 0 saturated heterocycles. The Labute approximate surface area is 183 Å². The highest BCUT2D eigenvalue weighted by molar-refractivity contribution is 6.42. The Hall–Kier alpha value is -2.24. The van der Waals surface area contributed by atoms with Gasteiger partial charge in [-0.1, -0.05) is 44.0 Å². The maximum absolute atomic E-state index is 13.7. The Morgan fingerprint density at radius 3 is 2.13 bits per heavy atom. The summed E-state index contributed by atoms with van der Waals surface area (Å²) in [5, 5.41) is 3.82. The van der Waals surface area contributed by atoms with Crippen molar-refractivity contribution in [1.82, 2.24) is 9.97 Å². The van der Waals surface area contributed by atoms with Crippen LogP contribution in [0.25, 0.3) is 11.0 Å². The van der Waals surface area contributed by atoms with Crippen molar-refractivity contribution in [3.63, 3.8) is 0 Å². The van der Waals surface area contributed by atoms with E-state index in [0.29, 0.717) is 38.9 Å². The molecule has 0 radical (unpaired) electrons. The number of hydrogen-bond donors (Lipinski definition) is 1. The Morgan fingerprint density at radius 2 is 1.53 bits per heavy atom. The SMILES string of the molecule is CC12CCC(C(=O)Nc3ccc(F)cc3)(c3nc4cc(Cl)c(Cl)cc4nc31)C2(C)C. The maximum Gasteiger partial charge on any atom is 0.237 e. The van der Waals surface area contributed by atoms with Gasteiger partial charge >= 0.3 is 0 Å². The highest BCUT2D eigenvalue weighted by Gasteiger charge is 2.73. The van der Waals surface area contributed by atoms with Crippen LogP contribution in [-0.4, -0.2) is 15.9 Å². The van der Waals surface area contributed by atoms with Crippen LogP contribution in [0.1, 0.15) is 45.0 Å². The second-order valence-electron chi connectivity index (χ2n) is 9.00. The molecule has 2 aromatic carbocycles. The van der Waals surface area contributed by atoms with E-state index < -0.39 is 10.8 Å². The molecule has 1 heterocycles. The highest BCUT2D eigenvalue weighted by atomic mass is 35.5. The predicted octanol–water partition coefficient (Wildman–Crippen LogP) is 6.04. The fourth-order valence-corrected chi connectivity index (χ4v) is 5.69. The minimum Gasteiger partial charge on any atom is -0.325 e. The van der Waals surface area contributed by atoms with Gasteiger partial charge in [0.15, 0.2) is 0 Å². The number of anilines is 1. The summed E-state index contributed by atoms with van der Waals surface area (Å²) in [6, 6.07) is 9.21. The third-order valence-corrected chi connectivity index (χ3v) is 8.29. The van der Waals surface area contributed by atoms with Crippen LogP contribution in [0.4, 0.5) is 10.1 Å². The van der Waals surface area contributed by atoms with Gasteiger partial charge < -0.3 is 5.32 Å². The van der Waals surface area contributed by atoms with Gasteiger partial charge in [-0.2, -0.15) is 0 Å². The van der Waals surface area contributed by atoms with Crippen molar-refractivity contribution >= 4 is 45.8 Å². The van der Waals surface area contributed by atoms with E-state index in [-0.39, 0.29) is 17.1 Å². The topological polar surface area (TPSA) is 54.9 Å². The molecule has 1 amide bonds. The van der Waals surface area contributed by atoms with Gasteiger partial charge in [0.2, 0.25) is 5.91 Å². The zero-order valence-electron chi connectivity index (χ0n) is 16.8. The van der Waals surface area contributed by atoms with Gasteiger partial charge in [-0.3, -0.25) is 4.79 Å². The van der Waals surface area contributed by atoms with Crippen molar-refractivity contribution in [1.29, 1.82) is 0 Å². The number of carbonyl (C=O) groups excluding carboxylic acids is 1. The number of halogens is 3. The molecular formula is C23H20Cl2FN3O. The average Bonchev–Trinajstić information content (AvgIpc) is 2.99. The number of hydrogen-bond acceptors (Lipinski definition) is 3. The normalized spacial score (nSPS) is 26.1. The van der Waals surface area contributed by atoms with E-state index in [2.05, 4.69) is 26.1 Å². The van der Waals surface area contributed by atoms with Crippen LogP contribution in [0, 0.1) is 11.2 Å². The Morgan fingerprint density at radius 1 is 0.967 bits per heavy atom. The monoisotopic (exact) mass is 443 g/mol. The number of carbonyl (C=O) groups is 1. The molecule has 1 aromatic heterocycles. The molecule has 0 aliphatic heterocycles. The molecule has 2 unspecified atom stereocenters. The molecule has 2 bridgehead atoms. The van der Waals surface area contributed by atoms with E-state index in [1.807, 2.05) is 0 Å². The van der Waals surface area contributed by atoms with Gasteiger partial charge in [0, 0.05) is 11.1 Å². The summed E-state index contributed by atoms with van der Waals surface area (Å²) >= 11 is 12.4. The lowest BCUT2D eigenvalue weighted by atomic mass is 9.63. The summed E-state index contributed by atoms with van der Waals surface area (Å²) < 4.78 is 13.3. The van der Waals surface area contributed by atoms with Crippen molar-refractivity contribution in [2.24, 2.45) is 5.41 Å². The second-order valence-corrected chi connectivity index (χ2v) is 9.81. The molecule has 1 saturated carbocycles. The van der Waals surface area contributed by atoms with Crippen LogP contribution >= 0.6 is 23.2 Å². The molecule has 4 nitrogen and oxygen atoms in total. The molecule has 1 fully saturated rings. The van der Waals surface area contributed by atoms with E-state index >= 15 is 0 Å². The van der Waals surface area contributed by atoms with Crippen LogP contribution in [0.3, 0.4) is 0 Å². The second kappa shape index (κ2) is 6.14. The molecule has 2 aliphatic rings. The van der Waals surface area contributed by atoms with E-state index in [1.54, 1.807) is 24.3 Å². The summed E-state index contributed by atoms with van der Waals surface area (Å²) in [7, 11) is 0. The first-order valence-electron chi connectivity index (χ1n) is 9.85. The number of rotatable bonds is 2. The van der Waals surface area contributed by atoms with E-state index in [9.17, 15) is 9.18 Å². The number of nitrogens with one attached hydrogen (secondary N) is 1. The van der Waals surface area contributed by atoms with Gasteiger partial charge in [0.1, 0.15) is 5.82 Å². The third-order valence-electron chi connectivity index (χ3n) is 7.57. The molecule has 3 aromatic rings. The zero-order valence-corrected chi connectivity index (χ0v) is 18.3. The Kier molecular flexibility index (Phi) is 4.04. The van der Waals surface area contributed by atoms with Crippen molar-refractivity contribution in [3.8, 4) is 0 Å². The smallest absolute Gasteiger partial charge is 0.237 e. The van der Waals surface area contributed by atoms with Gasteiger partial charge in [0.25, 0.3) is 0 Å². The largest absolute Gasteiger partial charge is 0.325 e. The van der Waals surface area contributed by atoms with Crippen molar-refractivity contribution in [2.45, 2.75) is 44.4 Å². The van der Waals surface area contributed by atoms with Gasteiger partial charge in [-0.25, -0.2) is 14.4 Å². The number of benzene rings is 2. The third kappa shape index (κ3) is 2.31. The number of aromatic nitrogens is 2. The molecule has 154 valence electrons. The molecule has 2 atom stereocenters. The van der Waals surface area contributed by atoms with Gasteiger partial charge in [0.05, 0.1) is 37.9 Å². The fraction of sp³-hybridized carbons (Fsp3) is 0.348. The summed E-state index contributed by atoms with van der Waals surface area (Å²) in [6.07, 6.45) is 1.49. The van der Waals surface area contributed by atoms with E-state index in [4.69, 9.17) is 33.2 Å². The zero-order chi connectivity index (χ0) is 21.5. The van der Waals surface area contributed by atoms with Crippen LogP contribution in [0.2, 0.25) is 10.0 Å². The van der Waals surface area contributed by atoms with Crippen molar-refractivity contribution in [2.75, 3.05) is 5.32 Å². The summed E-state index contributed by atoms with van der Waals surface area (Å²) in [5.74, 6) is -0.491. The van der Waals surface area contributed by atoms with Crippen LogP contribution in [0.15, 0.2) is 36.4 Å². The molecule has 1 N–H and O–H groups in total. The lowest BCUT2D eigenvalue weighted by Crippen LogP contribution is -2.48. The Balaban J connectivity index is 1.70. The van der Waals surface area contributed by atoms with Crippen LogP contribution < -0.4 is 5.32 Å². The molecule has 7 heteroatoms.